The van der Waals surface area contributed by atoms with Gasteiger partial charge >= 0.3 is 0 Å². The molecule has 0 atom stereocenters. The summed E-state index contributed by atoms with van der Waals surface area (Å²) >= 11 is 0. The predicted molar refractivity (Wildman–Crippen MR) is 108 cm³/mol. The third-order valence-corrected chi connectivity index (χ3v) is 4.31. The first-order valence-corrected chi connectivity index (χ1v) is 8.95. The quantitative estimate of drug-likeness (QED) is 0.569. The van der Waals surface area contributed by atoms with Gasteiger partial charge in [0.05, 0.1) is 11.6 Å². The lowest BCUT2D eigenvalue weighted by Crippen LogP contribution is -2.17. The highest BCUT2D eigenvalue weighted by Gasteiger charge is 2.19. The Kier molecular flexibility index (Phi) is 5.08. The van der Waals surface area contributed by atoms with E-state index < -0.39 is 0 Å². The Morgan fingerprint density at radius 3 is 2.59 bits per heavy atom. The van der Waals surface area contributed by atoms with Gasteiger partial charge in [-0.3, -0.25) is 9.78 Å². The van der Waals surface area contributed by atoms with E-state index in [-0.39, 0.29) is 5.91 Å². The van der Waals surface area contributed by atoms with Crippen molar-refractivity contribution in [2.75, 3.05) is 5.32 Å². The van der Waals surface area contributed by atoms with Crippen molar-refractivity contribution in [2.45, 2.75) is 6.54 Å². The molecule has 7 heteroatoms. The lowest BCUT2D eigenvalue weighted by Gasteiger charge is -2.08. The molecule has 4 aromatic rings. The van der Waals surface area contributed by atoms with Crippen LogP contribution in [0.3, 0.4) is 0 Å². The fraction of sp³-hybridized carbons (Fsp3) is 0.0455. The maximum Gasteiger partial charge on any atom is 0.281 e. The molecule has 0 saturated heterocycles. The maximum atomic E-state index is 13.0. The van der Waals surface area contributed by atoms with Crippen LogP contribution in [0.5, 0.6) is 0 Å². The highest BCUT2D eigenvalue weighted by molar-refractivity contribution is 5.97. The van der Waals surface area contributed by atoms with Gasteiger partial charge in [0.25, 0.3) is 5.91 Å². The first kappa shape index (κ1) is 18.1. The van der Waals surface area contributed by atoms with Crippen molar-refractivity contribution in [3.05, 3.63) is 95.8 Å². The van der Waals surface area contributed by atoms with Crippen LogP contribution in [0, 0.1) is 11.3 Å². The zero-order valence-electron chi connectivity index (χ0n) is 15.4. The van der Waals surface area contributed by atoms with Crippen molar-refractivity contribution >= 4 is 11.9 Å². The minimum atomic E-state index is -0.302. The molecule has 0 radical (unpaired) electrons. The Morgan fingerprint density at radius 2 is 1.83 bits per heavy atom. The average Bonchev–Trinajstić information content (AvgIpc) is 3.23. The second-order valence-electron chi connectivity index (χ2n) is 6.21. The van der Waals surface area contributed by atoms with Gasteiger partial charge in [-0.1, -0.05) is 36.4 Å². The van der Waals surface area contributed by atoms with Gasteiger partial charge in [0.15, 0.2) is 5.82 Å². The molecule has 2 heterocycles. The number of carbonyl (C=O) groups excluding carboxylic acids is 1. The normalized spacial score (nSPS) is 10.3. The van der Waals surface area contributed by atoms with Crippen LogP contribution < -0.4 is 5.32 Å². The summed E-state index contributed by atoms with van der Waals surface area (Å²) in [5.41, 5.74) is 2.57. The Balaban J connectivity index is 1.70. The van der Waals surface area contributed by atoms with Crippen molar-refractivity contribution in [1.29, 1.82) is 5.26 Å². The molecule has 0 saturated carbocycles. The average molecular weight is 380 g/mol. The first-order valence-electron chi connectivity index (χ1n) is 8.95. The number of nitrogens with one attached hydrogen (secondary N) is 1. The molecule has 0 amide bonds. The molecule has 1 N–H and O–H groups in total. The molecule has 29 heavy (non-hydrogen) atoms. The Morgan fingerprint density at radius 1 is 1.03 bits per heavy atom. The Hall–Kier alpha value is -4.31. The van der Waals surface area contributed by atoms with E-state index in [4.69, 9.17) is 0 Å². The van der Waals surface area contributed by atoms with Crippen LogP contribution in [-0.2, 0) is 6.54 Å². The summed E-state index contributed by atoms with van der Waals surface area (Å²) in [6, 6.07) is 21.9. The number of anilines is 1. The van der Waals surface area contributed by atoms with E-state index in [9.17, 15) is 10.1 Å². The monoisotopic (exact) mass is 380 g/mol. The largest absolute Gasteiger partial charge is 0.350 e. The number of hydrogen-bond donors (Lipinski definition) is 1. The maximum absolute atomic E-state index is 13.0. The van der Waals surface area contributed by atoms with Crippen LogP contribution >= 0.6 is 0 Å². The number of pyridine rings is 1. The number of nitrogens with zero attached hydrogens (tertiary/aromatic N) is 5. The number of carbonyl (C=O) groups is 1. The van der Waals surface area contributed by atoms with E-state index in [2.05, 4.69) is 26.5 Å². The van der Waals surface area contributed by atoms with Gasteiger partial charge in [-0.15, -0.1) is 5.10 Å². The van der Waals surface area contributed by atoms with Gasteiger partial charge in [0.2, 0.25) is 5.95 Å². The molecule has 0 spiro atoms. The number of benzene rings is 2. The summed E-state index contributed by atoms with van der Waals surface area (Å²) in [6.45, 7) is 0.330. The molecule has 0 unspecified atom stereocenters. The molecule has 0 aliphatic carbocycles. The zero-order valence-corrected chi connectivity index (χ0v) is 15.4. The van der Waals surface area contributed by atoms with Gasteiger partial charge in [0, 0.05) is 30.1 Å². The summed E-state index contributed by atoms with van der Waals surface area (Å²) < 4.78 is 1.24. The van der Waals surface area contributed by atoms with E-state index in [1.807, 2.05) is 30.3 Å². The SMILES string of the molecule is N#Cc1ccccc1CNc1nc(-c2cccnc2)nn1C(=O)c1ccccc1. The fourth-order valence-electron chi connectivity index (χ4n) is 2.85. The minimum Gasteiger partial charge on any atom is -0.350 e. The summed E-state index contributed by atoms with van der Waals surface area (Å²) in [4.78, 5) is 21.6. The van der Waals surface area contributed by atoms with Crippen molar-refractivity contribution < 1.29 is 4.79 Å². The minimum absolute atomic E-state index is 0.297. The smallest absolute Gasteiger partial charge is 0.281 e. The van der Waals surface area contributed by atoms with Crippen molar-refractivity contribution in [3.8, 4) is 17.5 Å². The van der Waals surface area contributed by atoms with Gasteiger partial charge < -0.3 is 5.32 Å². The van der Waals surface area contributed by atoms with Crippen LogP contribution in [0.25, 0.3) is 11.4 Å². The molecule has 2 aromatic carbocycles. The highest BCUT2D eigenvalue weighted by Crippen LogP contribution is 2.19. The molecule has 2 aromatic heterocycles. The molecule has 0 fully saturated rings. The van der Waals surface area contributed by atoms with Crippen LogP contribution in [0.1, 0.15) is 21.5 Å². The van der Waals surface area contributed by atoms with Crippen molar-refractivity contribution in [3.63, 3.8) is 0 Å². The molecule has 0 aliphatic rings. The van der Waals surface area contributed by atoms with E-state index in [0.717, 1.165) is 5.56 Å². The second kappa shape index (κ2) is 8.15. The number of hydrogen-bond acceptors (Lipinski definition) is 6. The fourth-order valence-corrected chi connectivity index (χ4v) is 2.85. The second-order valence-corrected chi connectivity index (χ2v) is 6.21. The van der Waals surface area contributed by atoms with E-state index in [1.54, 1.807) is 48.8 Å². The highest BCUT2D eigenvalue weighted by atomic mass is 16.2. The first-order chi connectivity index (χ1) is 14.3. The summed E-state index contributed by atoms with van der Waals surface area (Å²) in [5.74, 6) is 0.383. The van der Waals surface area contributed by atoms with Crippen molar-refractivity contribution in [1.82, 2.24) is 19.7 Å². The van der Waals surface area contributed by atoms with Gasteiger partial charge in [-0.25, -0.2) is 0 Å². The third kappa shape index (κ3) is 3.87. The third-order valence-electron chi connectivity index (χ3n) is 4.31. The van der Waals surface area contributed by atoms with E-state index >= 15 is 0 Å². The van der Waals surface area contributed by atoms with Crippen LogP contribution in [0.4, 0.5) is 5.95 Å². The summed E-state index contributed by atoms with van der Waals surface area (Å²) in [6.07, 6.45) is 3.30. The number of aromatic nitrogens is 4. The lowest BCUT2D eigenvalue weighted by molar-refractivity contribution is 0.0947. The molecule has 4 rings (SSSR count). The summed E-state index contributed by atoms with van der Waals surface area (Å²) in [5, 5.41) is 16.8. The Bertz CT molecular complexity index is 1180. The number of nitriles is 1. The lowest BCUT2D eigenvalue weighted by atomic mass is 10.1. The van der Waals surface area contributed by atoms with E-state index in [1.165, 1.54) is 4.68 Å². The van der Waals surface area contributed by atoms with Crippen LogP contribution in [0.2, 0.25) is 0 Å². The zero-order chi connectivity index (χ0) is 20.1. The molecular weight excluding hydrogens is 364 g/mol. The van der Waals surface area contributed by atoms with Gasteiger partial charge in [-0.2, -0.15) is 14.9 Å². The molecule has 0 aliphatic heterocycles. The molecular formula is C22H16N6O. The Labute approximate surface area is 167 Å². The van der Waals surface area contributed by atoms with E-state index in [0.29, 0.717) is 35.0 Å². The standard InChI is InChI=1S/C22H16N6O/c23-13-17-9-4-5-10-18(17)15-25-22-26-20(19-11-6-12-24-14-19)27-28(22)21(29)16-7-2-1-3-8-16/h1-12,14H,15H2,(H,25,26,27). The van der Waals surface area contributed by atoms with Crippen LogP contribution in [-0.4, -0.2) is 25.7 Å². The molecule has 7 nitrogen and oxygen atoms in total. The van der Waals surface area contributed by atoms with Gasteiger partial charge in [0.1, 0.15) is 0 Å². The predicted octanol–water partition coefficient (Wildman–Crippen LogP) is 3.51. The summed E-state index contributed by atoms with van der Waals surface area (Å²) in [7, 11) is 0. The van der Waals surface area contributed by atoms with Gasteiger partial charge in [-0.05, 0) is 35.9 Å². The molecule has 0 bridgehead atoms. The number of rotatable bonds is 5. The topological polar surface area (TPSA) is 96.5 Å². The van der Waals surface area contributed by atoms with Crippen LogP contribution in [0.15, 0.2) is 79.1 Å². The van der Waals surface area contributed by atoms with Crippen molar-refractivity contribution in [2.24, 2.45) is 0 Å². The molecule has 140 valence electrons.